The molecule has 0 aliphatic heterocycles. The summed E-state index contributed by atoms with van der Waals surface area (Å²) in [5.41, 5.74) is 5.96. The number of pyridine rings is 1. The number of nitrogens with zero attached hydrogens (tertiary/aromatic N) is 1. The molecule has 0 aliphatic carbocycles. The summed E-state index contributed by atoms with van der Waals surface area (Å²) in [6.45, 7) is 3.44. The van der Waals surface area contributed by atoms with Crippen LogP contribution in [0.15, 0.2) is 24.4 Å². The molecule has 1 aromatic rings. The Morgan fingerprint density at radius 1 is 1.56 bits per heavy atom. The van der Waals surface area contributed by atoms with E-state index in [1.54, 1.807) is 24.4 Å². The summed E-state index contributed by atoms with van der Waals surface area (Å²) in [4.78, 5) is 15.7. The van der Waals surface area contributed by atoms with Gasteiger partial charge in [0.2, 0.25) is 0 Å². The molecule has 1 atom stereocenters. The van der Waals surface area contributed by atoms with Crippen molar-refractivity contribution in [2.45, 2.75) is 19.8 Å². The number of hydrogen-bond acceptors (Lipinski definition) is 3. The SMILES string of the molecule is CCC(CCN)CNC(=O)c1ccccn1. The summed E-state index contributed by atoms with van der Waals surface area (Å²) >= 11 is 0. The number of carbonyl (C=O) groups excluding carboxylic acids is 1. The summed E-state index contributed by atoms with van der Waals surface area (Å²) in [5, 5.41) is 2.88. The first-order valence-corrected chi connectivity index (χ1v) is 5.67. The molecule has 1 aromatic heterocycles. The Balaban J connectivity index is 2.40. The Bertz CT molecular complexity index is 313. The molecule has 88 valence electrons. The molecule has 0 bridgehead atoms. The number of aromatic nitrogens is 1. The average molecular weight is 221 g/mol. The Labute approximate surface area is 96.3 Å². The summed E-state index contributed by atoms with van der Waals surface area (Å²) in [6, 6.07) is 5.30. The van der Waals surface area contributed by atoms with E-state index in [9.17, 15) is 4.79 Å². The maximum atomic E-state index is 11.7. The lowest BCUT2D eigenvalue weighted by atomic mass is 10.0. The second kappa shape index (κ2) is 6.95. The van der Waals surface area contributed by atoms with Gasteiger partial charge >= 0.3 is 0 Å². The van der Waals surface area contributed by atoms with Gasteiger partial charge in [0.25, 0.3) is 5.91 Å². The largest absolute Gasteiger partial charge is 0.350 e. The maximum absolute atomic E-state index is 11.7. The minimum Gasteiger partial charge on any atom is -0.350 e. The smallest absolute Gasteiger partial charge is 0.269 e. The first-order chi connectivity index (χ1) is 7.77. The molecule has 0 radical (unpaired) electrons. The van der Waals surface area contributed by atoms with Crippen LogP contribution in [0, 0.1) is 5.92 Å². The van der Waals surface area contributed by atoms with Gasteiger partial charge in [0.05, 0.1) is 0 Å². The number of nitrogens with one attached hydrogen (secondary N) is 1. The van der Waals surface area contributed by atoms with E-state index in [1.807, 2.05) is 0 Å². The van der Waals surface area contributed by atoms with Crippen molar-refractivity contribution in [3.05, 3.63) is 30.1 Å². The highest BCUT2D eigenvalue weighted by Gasteiger charge is 2.09. The molecule has 16 heavy (non-hydrogen) atoms. The number of nitrogens with two attached hydrogens (primary N) is 1. The van der Waals surface area contributed by atoms with Gasteiger partial charge in [0.1, 0.15) is 5.69 Å². The van der Waals surface area contributed by atoms with Gasteiger partial charge < -0.3 is 11.1 Å². The van der Waals surface area contributed by atoms with Gasteiger partial charge in [-0.15, -0.1) is 0 Å². The minimum atomic E-state index is -0.115. The molecule has 4 heteroatoms. The van der Waals surface area contributed by atoms with Crippen molar-refractivity contribution in [2.75, 3.05) is 13.1 Å². The molecular weight excluding hydrogens is 202 g/mol. The second-order valence-corrected chi connectivity index (χ2v) is 3.78. The molecule has 0 spiro atoms. The Kier molecular flexibility index (Phi) is 5.50. The van der Waals surface area contributed by atoms with Gasteiger partial charge in [-0.25, -0.2) is 0 Å². The molecule has 0 aliphatic rings. The van der Waals surface area contributed by atoms with Crippen molar-refractivity contribution < 1.29 is 4.79 Å². The lowest BCUT2D eigenvalue weighted by Crippen LogP contribution is -2.30. The fourth-order valence-corrected chi connectivity index (χ4v) is 1.51. The van der Waals surface area contributed by atoms with Crippen LogP contribution in [-0.2, 0) is 0 Å². The topological polar surface area (TPSA) is 68.0 Å². The zero-order valence-corrected chi connectivity index (χ0v) is 9.65. The number of rotatable bonds is 6. The number of hydrogen-bond donors (Lipinski definition) is 2. The molecule has 1 amide bonds. The van der Waals surface area contributed by atoms with E-state index >= 15 is 0 Å². The quantitative estimate of drug-likeness (QED) is 0.758. The van der Waals surface area contributed by atoms with Crippen LogP contribution in [0.25, 0.3) is 0 Å². The van der Waals surface area contributed by atoms with Gasteiger partial charge in [-0.05, 0) is 31.0 Å². The van der Waals surface area contributed by atoms with Crippen molar-refractivity contribution >= 4 is 5.91 Å². The second-order valence-electron chi connectivity index (χ2n) is 3.78. The zero-order valence-electron chi connectivity index (χ0n) is 9.65. The van der Waals surface area contributed by atoms with Crippen LogP contribution < -0.4 is 11.1 Å². The third kappa shape index (κ3) is 3.98. The minimum absolute atomic E-state index is 0.115. The molecule has 4 nitrogen and oxygen atoms in total. The summed E-state index contributed by atoms with van der Waals surface area (Å²) < 4.78 is 0. The monoisotopic (exact) mass is 221 g/mol. The Hall–Kier alpha value is -1.42. The molecule has 0 aromatic carbocycles. The van der Waals surface area contributed by atoms with Gasteiger partial charge in [-0.2, -0.15) is 0 Å². The van der Waals surface area contributed by atoms with Crippen molar-refractivity contribution in [1.29, 1.82) is 0 Å². The first-order valence-electron chi connectivity index (χ1n) is 5.67. The van der Waals surface area contributed by atoms with Gasteiger partial charge in [-0.3, -0.25) is 9.78 Å². The van der Waals surface area contributed by atoms with Crippen LogP contribution in [0.4, 0.5) is 0 Å². The Morgan fingerprint density at radius 2 is 2.38 bits per heavy atom. The summed E-state index contributed by atoms with van der Waals surface area (Å²) in [5.74, 6) is 0.341. The zero-order chi connectivity index (χ0) is 11.8. The van der Waals surface area contributed by atoms with Crippen molar-refractivity contribution in [3.8, 4) is 0 Å². The lowest BCUT2D eigenvalue weighted by molar-refractivity contribution is 0.0941. The number of amides is 1. The maximum Gasteiger partial charge on any atom is 0.269 e. The molecule has 0 fully saturated rings. The van der Waals surface area contributed by atoms with Crippen molar-refractivity contribution in [1.82, 2.24) is 10.3 Å². The summed E-state index contributed by atoms with van der Waals surface area (Å²) in [7, 11) is 0. The van der Waals surface area contributed by atoms with Gasteiger partial charge in [0, 0.05) is 12.7 Å². The van der Waals surface area contributed by atoms with Crippen molar-refractivity contribution in [3.63, 3.8) is 0 Å². The normalized spacial score (nSPS) is 12.1. The van der Waals surface area contributed by atoms with E-state index in [4.69, 9.17) is 5.73 Å². The van der Waals surface area contributed by atoms with Crippen LogP contribution in [0.1, 0.15) is 30.3 Å². The Morgan fingerprint density at radius 3 is 2.94 bits per heavy atom. The van der Waals surface area contributed by atoms with E-state index < -0.39 is 0 Å². The van der Waals surface area contributed by atoms with Crippen LogP contribution in [0.5, 0.6) is 0 Å². The standard InChI is InChI=1S/C12H19N3O/c1-2-10(6-7-13)9-15-12(16)11-5-3-4-8-14-11/h3-5,8,10H,2,6-7,9,13H2,1H3,(H,15,16). The van der Waals surface area contributed by atoms with E-state index in [0.29, 0.717) is 24.7 Å². The lowest BCUT2D eigenvalue weighted by Gasteiger charge is -2.14. The molecular formula is C12H19N3O. The molecule has 3 N–H and O–H groups in total. The van der Waals surface area contributed by atoms with Crippen LogP contribution in [0.2, 0.25) is 0 Å². The van der Waals surface area contributed by atoms with Gasteiger partial charge in [-0.1, -0.05) is 19.4 Å². The van der Waals surface area contributed by atoms with Crippen LogP contribution in [0.3, 0.4) is 0 Å². The highest BCUT2D eigenvalue weighted by atomic mass is 16.1. The molecule has 1 heterocycles. The van der Waals surface area contributed by atoms with Crippen molar-refractivity contribution in [2.24, 2.45) is 11.7 Å². The predicted octanol–water partition coefficient (Wildman–Crippen LogP) is 1.19. The third-order valence-corrected chi connectivity index (χ3v) is 2.60. The molecule has 0 saturated heterocycles. The first kappa shape index (κ1) is 12.6. The fraction of sp³-hybridized carbons (Fsp3) is 0.500. The highest BCUT2D eigenvalue weighted by Crippen LogP contribution is 2.05. The average Bonchev–Trinajstić information content (AvgIpc) is 2.35. The van der Waals surface area contributed by atoms with Gasteiger partial charge in [0.15, 0.2) is 0 Å². The van der Waals surface area contributed by atoms with E-state index in [1.165, 1.54) is 0 Å². The third-order valence-electron chi connectivity index (χ3n) is 2.60. The van der Waals surface area contributed by atoms with E-state index in [2.05, 4.69) is 17.2 Å². The highest BCUT2D eigenvalue weighted by molar-refractivity contribution is 5.92. The summed E-state index contributed by atoms with van der Waals surface area (Å²) in [6.07, 6.45) is 3.59. The predicted molar refractivity (Wildman–Crippen MR) is 64.0 cm³/mol. The molecule has 1 rings (SSSR count). The van der Waals surface area contributed by atoms with Crippen LogP contribution in [-0.4, -0.2) is 24.0 Å². The van der Waals surface area contributed by atoms with E-state index in [0.717, 1.165) is 12.8 Å². The fourth-order valence-electron chi connectivity index (χ4n) is 1.51. The van der Waals surface area contributed by atoms with Crippen LogP contribution >= 0.6 is 0 Å². The number of carbonyl (C=O) groups is 1. The van der Waals surface area contributed by atoms with E-state index in [-0.39, 0.29) is 5.91 Å². The molecule has 0 saturated carbocycles. The molecule has 1 unspecified atom stereocenters.